The number of hydrogen-bond donors (Lipinski definition) is 0. The van der Waals surface area contributed by atoms with Crippen LogP contribution in [-0.4, -0.2) is 55.2 Å². The van der Waals surface area contributed by atoms with E-state index in [2.05, 4.69) is 4.90 Å². The van der Waals surface area contributed by atoms with Crippen molar-refractivity contribution < 1.29 is 9.53 Å². The number of thiazole rings is 1. The molecule has 3 aromatic rings. The van der Waals surface area contributed by atoms with Gasteiger partial charge in [-0.1, -0.05) is 29.0 Å². The van der Waals surface area contributed by atoms with Gasteiger partial charge in [0, 0.05) is 42.2 Å². The van der Waals surface area contributed by atoms with E-state index < -0.39 is 0 Å². The first-order valence-electron chi connectivity index (χ1n) is 10.0. The number of ether oxygens (including phenoxy) is 1. The molecule has 1 aromatic carbocycles. The highest BCUT2D eigenvalue weighted by atomic mass is 35.5. The number of amides is 1. The molecule has 3 heterocycles. The Kier molecular flexibility index (Phi) is 7.17. The quantitative estimate of drug-likeness (QED) is 0.460. The van der Waals surface area contributed by atoms with Gasteiger partial charge in [0.15, 0.2) is 5.13 Å². The second kappa shape index (κ2) is 10.0. The zero-order valence-electron chi connectivity index (χ0n) is 16.8. The van der Waals surface area contributed by atoms with Gasteiger partial charge in [-0.3, -0.25) is 14.6 Å². The predicted molar refractivity (Wildman–Crippen MR) is 127 cm³/mol. The molecule has 0 N–H and O–H groups in total. The Hall–Kier alpha value is -1.77. The minimum absolute atomic E-state index is 0.0480. The molecule has 4 rings (SSSR count). The molecular weight excluding hydrogens is 438 g/mol. The number of benzene rings is 1. The number of fused-ring (bicyclic) bond motifs is 1. The van der Waals surface area contributed by atoms with Gasteiger partial charge in [-0.2, -0.15) is 0 Å². The van der Waals surface area contributed by atoms with Crippen LogP contribution in [0.15, 0.2) is 35.7 Å². The maximum absolute atomic E-state index is 13.1. The lowest BCUT2D eigenvalue weighted by Gasteiger charge is -2.27. The molecule has 30 heavy (non-hydrogen) atoms. The molecule has 2 aromatic heterocycles. The van der Waals surface area contributed by atoms with Crippen LogP contribution in [0.4, 0.5) is 5.13 Å². The van der Waals surface area contributed by atoms with Gasteiger partial charge in [-0.05, 0) is 48.6 Å². The smallest absolute Gasteiger partial charge is 0.252 e. The Labute approximate surface area is 189 Å². The lowest BCUT2D eigenvalue weighted by molar-refractivity contribution is -0.114. The molecule has 0 atom stereocenters. The summed E-state index contributed by atoms with van der Waals surface area (Å²) in [5.41, 5.74) is 1.82. The molecule has 1 saturated heterocycles. The first-order chi connectivity index (χ1) is 14.6. The van der Waals surface area contributed by atoms with Crippen molar-refractivity contribution >= 4 is 61.6 Å². The number of carbonyl (C=O) groups excluding carboxylic acids is 1. The molecule has 1 aliphatic heterocycles. The summed E-state index contributed by atoms with van der Waals surface area (Å²) in [6, 6.07) is 7.85. The molecule has 1 fully saturated rings. The highest BCUT2D eigenvalue weighted by molar-refractivity contribution is 7.22. The third-order valence-corrected chi connectivity index (χ3v) is 7.42. The van der Waals surface area contributed by atoms with Crippen LogP contribution in [0.2, 0.25) is 5.02 Å². The Morgan fingerprint density at radius 3 is 2.93 bits per heavy atom. The number of anilines is 1. The van der Waals surface area contributed by atoms with Crippen molar-refractivity contribution in [1.29, 1.82) is 0 Å². The van der Waals surface area contributed by atoms with E-state index in [0.717, 1.165) is 65.1 Å². The van der Waals surface area contributed by atoms with Crippen LogP contribution in [-0.2, 0) is 9.53 Å². The average Bonchev–Trinajstić information content (AvgIpc) is 3.43. The van der Waals surface area contributed by atoms with Gasteiger partial charge < -0.3 is 4.74 Å². The van der Waals surface area contributed by atoms with E-state index >= 15 is 0 Å². The van der Waals surface area contributed by atoms with Crippen LogP contribution in [0, 0.1) is 6.92 Å². The normalized spacial score (nSPS) is 15.3. The zero-order chi connectivity index (χ0) is 20.9. The number of halogens is 1. The van der Waals surface area contributed by atoms with Gasteiger partial charge in [-0.15, -0.1) is 11.3 Å². The summed E-state index contributed by atoms with van der Waals surface area (Å²) in [5, 5.41) is 3.42. The highest BCUT2D eigenvalue weighted by Crippen LogP contribution is 2.33. The average molecular weight is 462 g/mol. The maximum atomic E-state index is 13.1. The zero-order valence-corrected chi connectivity index (χ0v) is 19.2. The number of nitrogens with zero attached hydrogens (tertiary/aromatic N) is 3. The first-order valence-corrected chi connectivity index (χ1v) is 12.1. The van der Waals surface area contributed by atoms with Crippen LogP contribution in [0.25, 0.3) is 16.3 Å². The monoisotopic (exact) mass is 461 g/mol. The fraction of sp³-hybridized carbons (Fsp3) is 0.364. The standard InChI is InChI=1S/C22H24ClN3O2S2/c1-16-18(23)6-7-19-21(16)24-22(30-19)26(10-3-9-25-11-13-28-14-12-25)20(27)8-5-17-4-2-15-29-17/h2,4-8,15H,3,9-14H2,1H3/b8-5+. The topological polar surface area (TPSA) is 45.7 Å². The number of carbonyl (C=O) groups is 1. The summed E-state index contributed by atoms with van der Waals surface area (Å²) >= 11 is 9.42. The molecule has 8 heteroatoms. The highest BCUT2D eigenvalue weighted by Gasteiger charge is 2.20. The number of hydrogen-bond acceptors (Lipinski definition) is 6. The van der Waals surface area contributed by atoms with Gasteiger partial charge in [0.05, 0.1) is 23.4 Å². The van der Waals surface area contributed by atoms with Crippen molar-refractivity contribution in [3.63, 3.8) is 0 Å². The van der Waals surface area contributed by atoms with Gasteiger partial charge in [-0.25, -0.2) is 4.98 Å². The Morgan fingerprint density at radius 2 is 2.17 bits per heavy atom. The lowest BCUT2D eigenvalue weighted by Crippen LogP contribution is -2.39. The van der Waals surface area contributed by atoms with Crippen molar-refractivity contribution in [3.05, 3.63) is 51.2 Å². The van der Waals surface area contributed by atoms with Gasteiger partial charge in [0.2, 0.25) is 0 Å². The van der Waals surface area contributed by atoms with E-state index in [1.807, 2.05) is 42.6 Å². The number of rotatable bonds is 7. The number of aromatic nitrogens is 1. The Bertz CT molecular complexity index is 1030. The van der Waals surface area contributed by atoms with E-state index in [4.69, 9.17) is 21.3 Å². The van der Waals surface area contributed by atoms with Crippen LogP contribution < -0.4 is 4.90 Å². The molecular formula is C22H24ClN3O2S2. The van der Waals surface area contributed by atoms with Crippen molar-refractivity contribution in [2.75, 3.05) is 44.3 Å². The van der Waals surface area contributed by atoms with Crippen molar-refractivity contribution in [2.45, 2.75) is 13.3 Å². The first kappa shape index (κ1) is 21.5. The van der Waals surface area contributed by atoms with E-state index in [0.29, 0.717) is 11.6 Å². The third kappa shape index (κ3) is 5.10. The van der Waals surface area contributed by atoms with Crippen molar-refractivity contribution in [3.8, 4) is 0 Å². The third-order valence-electron chi connectivity index (χ3n) is 5.13. The van der Waals surface area contributed by atoms with Crippen LogP contribution in [0.3, 0.4) is 0 Å². The van der Waals surface area contributed by atoms with E-state index in [-0.39, 0.29) is 5.91 Å². The molecule has 5 nitrogen and oxygen atoms in total. The fourth-order valence-electron chi connectivity index (χ4n) is 3.41. The summed E-state index contributed by atoms with van der Waals surface area (Å²) in [6.45, 7) is 6.99. The number of thiophene rings is 1. The van der Waals surface area contributed by atoms with Gasteiger partial charge >= 0.3 is 0 Å². The molecule has 1 aliphatic rings. The van der Waals surface area contributed by atoms with Crippen LogP contribution in [0.1, 0.15) is 16.9 Å². The van der Waals surface area contributed by atoms with E-state index in [9.17, 15) is 4.79 Å². The summed E-state index contributed by atoms with van der Waals surface area (Å²) in [6.07, 6.45) is 4.40. The molecule has 158 valence electrons. The number of aryl methyl sites for hydroxylation is 1. The Balaban J connectivity index is 1.54. The summed E-state index contributed by atoms with van der Waals surface area (Å²) < 4.78 is 6.46. The molecule has 0 radical (unpaired) electrons. The van der Waals surface area contributed by atoms with E-state index in [1.54, 1.807) is 22.3 Å². The Morgan fingerprint density at radius 1 is 1.33 bits per heavy atom. The summed E-state index contributed by atoms with van der Waals surface area (Å²) in [7, 11) is 0. The maximum Gasteiger partial charge on any atom is 0.252 e. The molecule has 0 spiro atoms. The second-order valence-corrected chi connectivity index (χ2v) is 9.56. The fourth-order valence-corrected chi connectivity index (χ4v) is 5.24. The van der Waals surface area contributed by atoms with Gasteiger partial charge in [0.1, 0.15) is 0 Å². The molecule has 0 saturated carbocycles. The molecule has 1 amide bonds. The van der Waals surface area contributed by atoms with Crippen LogP contribution >= 0.6 is 34.3 Å². The van der Waals surface area contributed by atoms with Crippen LogP contribution in [0.5, 0.6) is 0 Å². The van der Waals surface area contributed by atoms with Crippen molar-refractivity contribution in [1.82, 2.24) is 9.88 Å². The van der Waals surface area contributed by atoms with E-state index in [1.165, 1.54) is 11.3 Å². The predicted octanol–water partition coefficient (Wildman–Crippen LogP) is 5.09. The summed E-state index contributed by atoms with van der Waals surface area (Å²) in [5.74, 6) is -0.0480. The van der Waals surface area contributed by atoms with Crippen molar-refractivity contribution in [2.24, 2.45) is 0 Å². The minimum Gasteiger partial charge on any atom is -0.379 e. The minimum atomic E-state index is -0.0480. The molecule has 0 bridgehead atoms. The van der Waals surface area contributed by atoms with Gasteiger partial charge in [0.25, 0.3) is 5.91 Å². The largest absolute Gasteiger partial charge is 0.379 e. The lowest BCUT2D eigenvalue weighted by atomic mass is 10.2. The number of morpholine rings is 1. The summed E-state index contributed by atoms with van der Waals surface area (Å²) in [4.78, 5) is 23.1. The second-order valence-electron chi connectivity index (χ2n) is 7.16. The SMILES string of the molecule is Cc1c(Cl)ccc2sc(N(CCCN3CCOCC3)C(=O)/C=C/c3cccs3)nc12. The molecule has 0 aliphatic carbocycles. The molecule has 0 unspecified atom stereocenters.